The number of hydrogen-bond acceptors (Lipinski definition) is 3. The van der Waals surface area contributed by atoms with Crippen LogP contribution in [0.5, 0.6) is 0 Å². The lowest BCUT2D eigenvalue weighted by Crippen LogP contribution is -2.07. The summed E-state index contributed by atoms with van der Waals surface area (Å²) in [6.07, 6.45) is 0. The van der Waals surface area contributed by atoms with Gasteiger partial charge < -0.3 is 5.11 Å². The highest BCUT2D eigenvalue weighted by Gasteiger charge is 2.20. The van der Waals surface area contributed by atoms with Gasteiger partial charge in [0.15, 0.2) is 0 Å². The molecule has 2 aromatic carbocycles. The predicted molar refractivity (Wildman–Crippen MR) is 92.8 cm³/mol. The normalized spacial score (nSPS) is 11.1. The van der Waals surface area contributed by atoms with E-state index >= 15 is 0 Å². The van der Waals surface area contributed by atoms with E-state index in [1.165, 1.54) is 24.3 Å². The van der Waals surface area contributed by atoms with Crippen LogP contribution in [0, 0.1) is 11.6 Å². The zero-order chi connectivity index (χ0) is 18.0. The van der Waals surface area contributed by atoms with Crippen molar-refractivity contribution in [2.24, 2.45) is 0 Å². The molecule has 0 radical (unpaired) electrons. The molecule has 0 aliphatic heterocycles. The lowest BCUT2D eigenvalue weighted by molar-refractivity contribution is 0.279. The molecule has 0 bridgehead atoms. The number of rotatable bonds is 4. The molecule has 3 aromatic rings. The van der Waals surface area contributed by atoms with Gasteiger partial charge in [-0.2, -0.15) is 5.10 Å². The van der Waals surface area contributed by atoms with Crippen LogP contribution in [0.2, 0.25) is 0 Å². The van der Waals surface area contributed by atoms with Gasteiger partial charge in [-0.3, -0.25) is 0 Å². The van der Waals surface area contributed by atoms with Gasteiger partial charge in [-0.05, 0) is 47.9 Å². The first-order valence-corrected chi connectivity index (χ1v) is 8.03. The quantitative estimate of drug-likeness (QED) is 0.748. The summed E-state index contributed by atoms with van der Waals surface area (Å²) in [5.74, 6) is -0.624. The summed E-state index contributed by atoms with van der Waals surface area (Å²) >= 11 is 0. The SMILES string of the molecule is CC(C)c1nnc(-c2ccc(F)cc2)c(-c2ccc(F)cc2)c1CO. The van der Waals surface area contributed by atoms with Crippen molar-refractivity contribution in [3.8, 4) is 22.4 Å². The Morgan fingerprint density at radius 1 is 0.840 bits per heavy atom. The van der Waals surface area contributed by atoms with Gasteiger partial charge in [0.25, 0.3) is 0 Å². The van der Waals surface area contributed by atoms with Crippen molar-refractivity contribution < 1.29 is 13.9 Å². The van der Waals surface area contributed by atoms with Crippen LogP contribution in [-0.4, -0.2) is 15.3 Å². The molecule has 1 aromatic heterocycles. The van der Waals surface area contributed by atoms with E-state index in [1.54, 1.807) is 24.3 Å². The highest BCUT2D eigenvalue weighted by molar-refractivity contribution is 5.83. The second-order valence-corrected chi connectivity index (χ2v) is 6.11. The lowest BCUT2D eigenvalue weighted by Gasteiger charge is -2.18. The summed E-state index contributed by atoms with van der Waals surface area (Å²) in [5, 5.41) is 18.6. The predicted octanol–water partition coefficient (Wildman–Crippen LogP) is 4.70. The van der Waals surface area contributed by atoms with Crippen LogP contribution in [0.25, 0.3) is 22.4 Å². The fraction of sp³-hybridized carbons (Fsp3) is 0.200. The Labute approximate surface area is 145 Å². The number of nitrogens with zero attached hydrogens (tertiary/aromatic N) is 2. The van der Waals surface area contributed by atoms with Crippen LogP contribution in [0.4, 0.5) is 8.78 Å². The molecule has 1 N–H and O–H groups in total. The summed E-state index contributed by atoms with van der Waals surface area (Å²) < 4.78 is 26.6. The molecular weight excluding hydrogens is 322 g/mol. The summed E-state index contributed by atoms with van der Waals surface area (Å²) in [4.78, 5) is 0. The first-order chi connectivity index (χ1) is 12.0. The average Bonchev–Trinajstić information content (AvgIpc) is 2.62. The van der Waals surface area contributed by atoms with Crippen molar-refractivity contribution in [2.75, 3.05) is 0 Å². The fourth-order valence-electron chi connectivity index (χ4n) is 2.85. The molecule has 0 unspecified atom stereocenters. The summed E-state index contributed by atoms with van der Waals surface area (Å²) in [6.45, 7) is 3.72. The van der Waals surface area contributed by atoms with Gasteiger partial charge in [-0.15, -0.1) is 5.10 Å². The molecule has 0 atom stereocenters. The van der Waals surface area contributed by atoms with E-state index in [2.05, 4.69) is 10.2 Å². The van der Waals surface area contributed by atoms with Gasteiger partial charge in [0.1, 0.15) is 17.3 Å². The molecule has 5 heteroatoms. The standard InChI is InChI=1S/C20H18F2N2O/c1-12(2)19-17(11-25)18(13-3-7-15(21)8-4-13)20(24-23-19)14-5-9-16(22)10-6-14/h3-10,12,25H,11H2,1-2H3. The lowest BCUT2D eigenvalue weighted by atomic mass is 9.91. The maximum atomic E-state index is 13.3. The maximum Gasteiger partial charge on any atom is 0.123 e. The third kappa shape index (κ3) is 3.42. The largest absolute Gasteiger partial charge is 0.392 e. The third-order valence-corrected chi connectivity index (χ3v) is 4.06. The Balaban J connectivity index is 2.31. The minimum atomic E-state index is -0.346. The Bertz CT molecular complexity index is 875. The zero-order valence-electron chi connectivity index (χ0n) is 14.0. The van der Waals surface area contributed by atoms with E-state index in [1.807, 2.05) is 13.8 Å². The van der Waals surface area contributed by atoms with Crippen LogP contribution in [-0.2, 0) is 6.61 Å². The van der Waals surface area contributed by atoms with Crippen LogP contribution in [0.1, 0.15) is 31.0 Å². The third-order valence-electron chi connectivity index (χ3n) is 4.06. The fourth-order valence-corrected chi connectivity index (χ4v) is 2.85. The number of aliphatic hydroxyl groups excluding tert-OH is 1. The Kier molecular flexibility index (Phi) is 4.86. The Hall–Kier alpha value is -2.66. The Morgan fingerprint density at radius 2 is 1.36 bits per heavy atom. The van der Waals surface area contributed by atoms with Gasteiger partial charge in [0, 0.05) is 16.7 Å². The molecule has 1 heterocycles. The molecule has 0 saturated heterocycles. The van der Waals surface area contributed by atoms with Crippen molar-refractivity contribution in [3.05, 3.63) is 71.4 Å². The van der Waals surface area contributed by atoms with Crippen molar-refractivity contribution in [1.82, 2.24) is 10.2 Å². The first kappa shape index (κ1) is 17.2. The average molecular weight is 340 g/mol. The monoisotopic (exact) mass is 340 g/mol. The van der Waals surface area contributed by atoms with Crippen LogP contribution < -0.4 is 0 Å². The molecule has 0 fully saturated rings. The number of halogens is 2. The van der Waals surface area contributed by atoms with E-state index in [0.29, 0.717) is 28.1 Å². The molecular formula is C20H18F2N2O. The summed E-state index contributed by atoms with van der Waals surface area (Å²) in [7, 11) is 0. The van der Waals surface area contributed by atoms with Crippen molar-refractivity contribution in [1.29, 1.82) is 0 Å². The number of hydrogen-bond donors (Lipinski definition) is 1. The highest BCUT2D eigenvalue weighted by Crippen LogP contribution is 2.36. The molecule has 0 aliphatic rings. The minimum Gasteiger partial charge on any atom is -0.392 e. The van der Waals surface area contributed by atoms with Crippen molar-refractivity contribution >= 4 is 0 Å². The van der Waals surface area contributed by atoms with E-state index in [0.717, 1.165) is 5.56 Å². The summed E-state index contributed by atoms with van der Waals surface area (Å²) in [6, 6.07) is 11.9. The smallest absolute Gasteiger partial charge is 0.123 e. The van der Waals surface area contributed by atoms with Crippen LogP contribution in [0.15, 0.2) is 48.5 Å². The number of aromatic nitrogens is 2. The molecule has 128 valence electrons. The van der Waals surface area contributed by atoms with Crippen LogP contribution in [0.3, 0.4) is 0 Å². The van der Waals surface area contributed by atoms with E-state index in [4.69, 9.17) is 0 Å². The van der Waals surface area contributed by atoms with Gasteiger partial charge in [-0.25, -0.2) is 8.78 Å². The molecule has 3 nitrogen and oxygen atoms in total. The maximum absolute atomic E-state index is 13.3. The molecule has 25 heavy (non-hydrogen) atoms. The van der Waals surface area contributed by atoms with E-state index < -0.39 is 0 Å². The molecule has 0 aliphatic carbocycles. The van der Waals surface area contributed by atoms with Crippen molar-refractivity contribution in [3.63, 3.8) is 0 Å². The van der Waals surface area contributed by atoms with E-state index in [9.17, 15) is 13.9 Å². The second-order valence-electron chi connectivity index (χ2n) is 6.11. The number of benzene rings is 2. The number of aliphatic hydroxyl groups is 1. The van der Waals surface area contributed by atoms with Gasteiger partial charge >= 0.3 is 0 Å². The molecule has 0 spiro atoms. The van der Waals surface area contributed by atoms with Gasteiger partial charge in [0.2, 0.25) is 0 Å². The Morgan fingerprint density at radius 3 is 1.84 bits per heavy atom. The van der Waals surface area contributed by atoms with Crippen LogP contribution >= 0.6 is 0 Å². The summed E-state index contributed by atoms with van der Waals surface area (Å²) in [5.41, 5.74) is 3.95. The zero-order valence-corrected chi connectivity index (χ0v) is 14.0. The van der Waals surface area contributed by atoms with Crippen molar-refractivity contribution in [2.45, 2.75) is 26.4 Å². The van der Waals surface area contributed by atoms with Gasteiger partial charge in [0.05, 0.1) is 12.3 Å². The topological polar surface area (TPSA) is 46.0 Å². The first-order valence-electron chi connectivity index (χ1n) is 8.03. The second kappa shape index (κ2) is 7.07. The molecule has 0 amide bonds. The van der Waals surface area contributed by atoms with Gasteiger partial charge in [-0.1, -0.05) is 26.0 Å². The molecule has 0 saturated carbocycles. The highest BCUT2D eigenvalue weighted by atomic mass is 19.1. The minimum absolute atomic E-state index is 0.0658. The molecule has 3 rings (SSSR count). The van der Waals surface area contributed by atoms with E-state index in [-0.39, 0.29) is 24.2 Å².